The van der Waals surface area contributed by atoms with Crippen LogP contribution in [-0.4, -0.2) is 47.0 Å². The Morgan fingerprint density at radius 1 is 1.38 bits per heavy atom. The number of pyridine rings is 2. The van der Waals surface area contributed by atoms with Crippen LogP contribution in [0.5, 0.6) is 0 Å². The predicted octanol–water partition coefficient (Wildman–Crippen LogP) is 1.02. The van der Waals surface area contributed by atoms with Gasteiger partial charge in [-0.25, -0.2) is 9.97 Å². The van der Waals surface area contributed by atoms with Crippen LogP contribution in [0.1, 0.15) is 21.7 Å². The van der Waals surface area contributed by atoms with E-state index in [-0.39, 0.29) is 5.91 Å². The second-order valence-corrected chi connectivity index (χ2v) is 6.03. The lowest BCUT2D eigenvalue weighted by atomic mass is 10.1. The Morgan fingerprint density at radius 2 is 2.17 bits per heavy atom. The van der Waals surface area contributed by atoms with Crippen molar-refractivity contribution in [2.45, 2.75) is 19.5 Å². The molecular formula is C17H22N6O. The highest BCUT2D eigenvalue weighted by Gasteiger charge is 2.27. The number of hydrogen-bond acceptors (Lipinski definition) is 6. The Morgan fingerprint density at radius 3 is 2.83 bits per heavy atom. The maximum absolute atomic E-state index is 11.6. The summed E-state index contributed by atoms with van der Waals surface area (Å²) in [7, 11) is 1.60. The molecular weight excluding hydrogens is 304 g/mol. The fraction of sp³-hybridized carbons (Fsp3) is 0.353. The van der Waals surface area contributed by atoms with Gasteiger partial charge in [0.15, 0.2) is 0 Å². The summed E-state index contributed by atoms with van der Waals surface area (Å²) in [5.41, 5.74) is 9.12. The van der Waals surface area contributed by atoms with E-state index >= 15 is 0 Å². The smallest absolute Gasteiger partial charge is 0.269 e. The molecule has 7 heteroatoms. The topological polar surface area (TPSA) is 96.2 Å². The van der Waals surface area contributed by atoms with E-state index in [0.717, 1.165) is 31.0 Å². The standard InChI is InChI=1S/C17H22N6O/c1-11-14(3-4-15(21-11)17(24)19-2)22-13-9-23(10-13)8-12-5-6-20-16(18)7-12/h3-7,13,22H,8-10H2,1-2H3,(H2,18,20)(H,19,24). The van der Waals surface area contributed by atoms with Gasteiger partial charge >= 0.3 is 0 Å². The van der Waals surface area contributed by atoms with E-state index in [2.05, 4.69) is 25.5 Å². The van der Waals surface area contributed by atoms with Gasteiger partial charge in [-0.3, -0.25) is 9.69 Å². The highest BCUT2D eigenvalue weighted by molar-refractivity contribution is 5.92. The van der Waals surface area contributed by atoms with Gasteiger partial charge in [0.1, 0.15) is 11.5 Å². The number of carbonyl (C=O) groups excluding carboxylic acids is 1. The molecule has 0 aromatic carbocycles. The molecule has 1 aliphatic heterocycles. The molecule has 2 aromatic rings. The molecule has 1 aliphatic rings. The van der Waals surface area contributed by atoms with Crippen molar-refractivity contribution in [2.75, 3.05) is 31.2 Å². The maximum Gasteiger partial charge on any atom is 0.269 e. The molecule has 0 saturated carbocycles. The number of nitrogens with zero attached hydrogens (tertiary/aromatic N) is 3. The van der Waals surface area contributed by atoms with Gasteiger partial charge in [-0.2, -0.15) is 0 Å². The number of nitrogen functional groups attached to an aromatic ring is 1. The van der Waals surface area contributed by atoms with E-state index in [0.29, 0.717) is 17.6 Å². The van der Waals surface area contributed by atoms with Crippen molar-refractivity contribution in [3.63, 3.8) is 0 Å². The van der Waals surface area contributed by atoms with Crippen LogP contribution in [0.2, 0.25) is 0 Å². The van der Waals surface area contributed by atoms with Gasteiger partial charge in [0, 0.05) is 32.9 Å². The van der Waals surface area contributed by atoms with Gasteiger partial charge in [0.05, 0.1) is 17.4 Å². The number of carbonyl (C=O) groups is 1. The average Bonchev–Trinajstić information content (AvgIpc) is 2.53. The van der Waals surface area contributed by atoms with Crippen molar-refractivity contribution in [3.8, 4) is 0 Å². The minimum Gasteiger partial charge on any atom is -0.384 e. The van der Waals surface area contributed by atoms with Crippen LogP contribution in [0.25, 0.3) is 0 Å². The summed E-state index contributed by atoms with van der Waals surface area (Å²) in [4.78, 5) is 22.3. The zero-order chi connectivity index (χ0) is 17.1. The molecule has 2 aromatic heterocycles. The summed E-state index contributed by atoms with van der Waals surface area (Å²) in [6.45, 7) is 4.69. The molecule has 0 unspecified atom stereocenters. The maximum atomic E-state index is 11.6. The number of nitrogens with two attached hydrogens (primary N) is 1. The van der Waals surface area contributed by atoms with Crippen molar-refractivity contribution < 1.29 is 4.79 Å². The third-order valence-electron chi connectivity index (χ3n) is 4.11. The Hall–Kier alpha value is -2.67. The van der Waals surface area contributed by atoms with E-state index in [1.165, 1.54) is 5.56 Å². The minimum atomic E-state index is -0.170. The first kappa shape index (κ1) is 16.2. The first-order valence-corrected chi connectivity index (χ1v) is 7.94. The number of likely N-dealkylation sites (tertiary alicyclic amines) is 1. The van der Waals surface area contributed by atoms with Crippen LogP contribution in [0.15, 0.2) is 30.5 Å². The van der Waals surface area contributed by atoms with Gasteiger partial charge in [0.2, 0.25) is 0 Å². The molecule has 1 fully saturated rings. The van der Waals surface area contributed by atoms with Crippen molar-refractivity contribution in [1.82, 2.24) is 20.2 Å². The normalized spacial score (nSPS) is 14.9. The molecule has 4 N–H and O–H groups in total. The molecule has 3 heterocycles. The minimum absolute atomic E-state index is 0.170. The van der Waals surface area contributed by atoms with E-state index in [9.17, 15) is 4.79 Å². The molecule has 24 heavy (non-hydrogen) atoms. The molecule has 1 saturated heterocycles. The summed E-state index contributed by atoms with van der Waals surface area (Å²) in [6.07, 6.45) is 1.74. The highest BCUT2D eigenvalue weighted by atomic mass is 16.1. The van der Waals surface area contributed by atoms with E-state index in [4.69, 9.17) is 5.73 Å². The third kappa shape index (κ3) is 3.62. The Kier molecular flexibility index (Phi) is 4.61. The summed E-state index contributed by atoms with van der Waals surface area (Å²) in [5.74, 6) is 0.386. The number of nitrogens with one attached hydrogen (secondary N) is 2. The van der Waals surface area contributed by atoms with Crippen LogP contribution in [0.4, 0.5) is 11.5 Å². The number of rotatable bonds is 5. The first-order valence-electron chi connectivity index (χ1n) is 7.94. The zero-order valence-corrected chi connectivity index (χ0v) is 13.9. The number of anilines is 2. The molecule has 0 aliphatic carbocycles. The van der Waals surface area contributed by atoms with Crippen molar-refractivity contribution in [2.24, 2.45) is 0 Å². The number of aryl methyl sites for hydroxylation is 1. The highest BCUT2D eigenvalue weighted by Crippen LogP contribution is 2.20. The SMILES string of the molecule is CNC(=O)c1ccc(NC2CN(Cc3ccnc(N)c3)C2)c(C)n1. The van der Waals surface area contributed by atoms with Crippen LogP contribution in [-0.2, 0) is 6.54 Å². The Balaban J connectivity index is 1.53. The Labute approximate surface area is 141 Å². The summed E-state index contributed by atoms with van der Waals surface area (Å²) >= 11 is 0. The van der Waals surface area contributed by atoms with Crippen molar-refractivity contribution >= 4 is 17.4 Å². The van der Waals surface area contributed by atoms with Crippen LogP contribution >= 0.6 is 0 Å². The predicted molar refractivity (Wildman–Crippen MR) is 93.7 cm³/mol. The van der Waals surface area contributed by atoms with E-state index in [1.54, 1.807) is 19.3 Å². The molecule has 3 rings (SSSR count). The second-order valence-electron chi connectivity index (χ2n) is 6.03. The quantitative estimate of drug-likeness (QED) is 0.759. The van der Waals surface area contributed by atoms with Gasteiger partial charge < -0.3 is 16.4 Å². The fourth-order valence-corrected chi connectivity index (χ4v) is 2.83. The number of hydrogen-bond donors (Lipinski definition) is 3. The molecule has 0 spiro atoms. The van der Waals surface area contributed by atoms with Gasteiger partial charge in [-0.1, -0.05) is 0 Å². The van der Waals surface area contributed by atoms with E-state index < -0.39 is 0 Å². The lowest BCUT2D eigenvalue weighted by molar-refractivity contribution is 0.0958. The Bertz CT molecular complexity index is 742. The molecule has 7 nitrogen and oxygen atoms in total. The molecule has 0 atom stereocenters. The van der Waals surface area contributed by atoms with Gasteiger partial charge in [-0.05, 0) is 36.8 Å². The summed E-state index contributed by atoms with van der Waals surface area (Å²) in [5, 5.41) is 6.07. The van der Waals surface area contributed by atoms with Crippen LogP contribution < -0.4 is 16.4 Å². The van der Waals surface area contributed by atoms with Crippen LogP contribution in [0.3, 0.4) is 0 Å². The van der Waals surface area contributed by atoms with Crippen molar-refractivity contribution in [1.29, 1.82) is 0 Å². The molecule has 126 valence electrons. The number of amides is 1. The lowest BCUT2D eigenvalue weighted by Crippen LogP contribution is -2.54. The van der Waals surface area contributed by atoms with E-state index in [1.807, 2.05) is 25.1 Å². The zero-order valence-electron chi connectivity index (χ0n) is 13.9. The number of aromatic nitrogens is 2. The average molecular weight is 326 g/mol. The molecule has 0 bridgehead atoms. The molecule has 1 amide bonds. The van der Waals surface area contributed by atoms with Crippen LogP contribution in [0, 0.1) is 6.92 Å². The monoisotopic (exact) mass is 326 g/mol. The lowest BCUT2D eigenvalue weighted by Gasteiger charge is -2.40. The first-order chi connectivity index (χ1) is 11.5. The summed E-state index contributed by atoms with van der Waals surface area (Å²) in [6, 6.07) is 7.94. The van der Waals surface area contributed by atoms with Gasteiger partial charge in [0.25, 0.3) is 5.91 Å². The molecule has 0 radical (unpaired) electrons. The largest absolute Gasteiger partial charge is 0.384 e. The second kappa shape index (κ2) is 6.84. The summed E-state index contributed by atoms with van der Waals surface area (Å²) < 4.78 is 0. The third-order valence-corrected chi connectivity index (χ3v) is 4.11. The fourth-order valence-electron chi connectivity index (χ4n) is 2.83. The van der Waals surface area contributed by atoms with Gasteiger partial charge in [-0.15, -0.1) is 0 Å². The van der Waals surface area contributed by atoms with Crippen molar-refractivity contribution in [3.05, 3.63) is 47.4 Å².